The van der Waals surface area contributed by atoms with Crippen LogP contribution in [-0.4, -0.2) is 36.1 Å². The van der Waals surface area contributed by atoms with Gasteiger partial charge in [0.25, 0.3) is 5.56 Å². The molecule has 0 saturated carbocycles. The van der Waals surface area contributed by atoms with Crippen LogP contribution < -0.4 is 10.9 Å². The molecule has 1 saturated heterocycles. The number of hydrogen-bond acceptors (Lipinski definition) is 4. The predicted molar refractivity (Wildman–Crippen MR) is 77.8 cm³/mol. The minimum atomic E-state index is -0.0194. The number of aromatic nitrogens is 2. The first kappa shape index (κ1) is 13.3. The molecule has 2 heterocycles. The topological polar surface area (TPSA) is 56.2 Å². The van der Waals surface area contributed by atoms with Gasteiger partial charge in [-0.25, -0.2) is 4.68 Å². The van der Waals surface area contributed by atoms with Gasteiger partial charge in [-0.15, -0.1) is 0 Å². The molecule has 1 fully saturated rings. The largest absolute Gasteiger partial charge is 0.381 e. The lowest BCUT2D eigenvalue weighted by Gasteiger charge is -2.10. The van der Waals surface area contributed by atoms with Crippen LogP contribution in [0.25, 0.3) is 10.8 Å². The molecule has 1 atom stereocenters. The van der Waals surface area contributed by atoms with E-state index in [9.17, 15) is 4.79 Å². The molecule has 5 nitrogen and oxygen atoms in total. The summed E-state index contributed by atoms with van der Waals surface area (Å²) in [5, 5.41) is 9.21. The van der Waals surface area contributed by atoms with E-state index in [1.165, 1.54) is 4.68 Å². The standard InChI is InChI=1S/C15H19N3O2/c19-15-14-4-2-1-3-13(14)10-17-18(15)7-6-16-9-12-5-8-20-11-12/h1-4,10,12,16H,5-9,11H2. The maximum atomic E-state index is 12.2. The first-order chi connectivity index (χ1) is 9.84. The molecule has 106 valence electrons. The number of nitrogens with zero attached hydrogens (tertiary/aromatic N) is 2. The summed E-state index contributed by atoms with van der Waals surface area (Å²) in [5.74, 6) is 0.608. The van der Waals surface area contributed by atoms with Gasteiger partial charge < -0.3 is 10.1 Å². The zero-order valence-corrected chi connectivity index (χ0v) is 11.4. The molecule has 1 aromatic carbocycles. The molecule has 5 heteroatoms. The van der Waals surface area contributed by atoms with Crippen LogP contribution >= 0.6 is 0 Å². The van der Waals surface area contributed by atoms with Crippen molar-refractivity contribution in [2.75, 3.05) is 26.3 Å². The van der Waals surface area contributed by atoms with Crippen molar-refractivity contribution in [2.45, 2.75) is 13.0 Å². The average molecular weight is 273 g/mol. The number of benzene rings is 1. The molecule has 3 rings (SSSR count). The number of nitrogens with one attached hydrogen (secondary N) is 1. The number of hydrogen-bond donors (Lipinski definition) is 1. The molecule has 2 aromatic rings. The van der Waals surface area contributed by atoms with Crippen molar-refractivity contribution in [1.29, 1.82) is 0 Å². The van der Waals surface area contributed by atoms with E-state index in [1.54, 1.807) is 6.20 Å². The Labute approximate surface area is 117 Å². The minimum absolute atomic E-state index is 0.0194. The van der Waals surface area contributed by atoms with Crippen LogP contribution in [0.3, 0.4) is 0 Å². The lowest BCUT2D eigenvalue weighted by Crippen LogP contribution is -2.31. The highest BCUT2D eigenvalue weighted by Gasteiger charge is 2.14. The van der Waals surface area contributed by atoms with E-state index in [4.69, 9.17) is 4.74 Å². The van der Waals surface area contributed by atoms with Gasteiger partial charge in [0.15, 0.2) is 0 Å². The molecule has 1 aromatic heterocycles. The van der Waals surface area contributed by atoms with Gasteiger partial charge in [0.1, 0.15) is 0 Å². The zero-order chi connectivity index (χ0) is 13.8. The molecule has 0 radical (unpaired) electrons. The van der Waals surface area contributed by atoms with Crippen molar-refractivity contribution in [3.63, 3.8) is 0 Å². The van der Waals surface area contributed by atoms with Gasteiger partial charge in [-0.2, -0.15) is 5.10 Å². The Morgan fingerprint density at radius 3 is 3.15 bits per heavy atom. The highest BCUT2D eigenvalue weighted by molar-refractivity contribution is 5.80. The summed E-state index contributed by atoms with van der Waals surface area (Å²) in [5.41, 5.74) is -0.0194. The van der Waals surface area contributed by atoms with E-state index in [2.05, 4.69) is 10.4 Å². The third kappa shape index (κ3) is 2.89. The van der Waals surface area contributed by atoms with Crippen molar-refractivity contribution in [2.24, 2.45) is 5.92 Å². The van der Waals surface area contributed by atoms with Gasteiger partial charge in [-0.05, 0) is 18.4 Å². The van der Waals surface area contributed by atoms with Gasteiger partial charge >= 0.3 is 0 Å². The smallest absolute Gasteiger partial charge is 0.274 e. The fourth-order valence-electron chi connectivity index (χ4n) is 2.52. The second-order valence-corrected chi connectivity index (χ2v) is 5.19. The summed E-state index contributed by atoms with van der Waals surface area (Å²) >= 11 is 0. The Morgan fingerprint density at radius 1 is 1.40 bits per heavy atom. The average Bonchev–Trinajstić information content (AvgIpc) is 2.99. The summed E-state index contributed by atoms with van der Waals surface area (Å²) in [6.45, 7) is 4.01. The summed E-state index contributed by atoms with van der Waals surface area (Å²) in [6, 6.07) is 7.55. The molecule has 0 amide bonds. The van der Waals surface area contributed by atoms with Crippen LogP contribution in [0.1, 0.15) is 6.42 Å². The Morgan fingerprint density at radius 2 is 2.30 bits per heavy atom. The normalized spacial score (nSPS) is 18.7. The summed E-state index contributed by atoms with van der Waals surface area (Å²) in [4.78, 5) is 12.2. The number of ether oxygens (including phenoxy) is 1. The second kappa shape index (κ2) is 6.15. The van der Waals surface area contributed by atoms with Crippen LogP contribution in [0.5, 0.6) is 0 Å². The maximum Gasteiger partial charge on any atom is 0.274 e. The fraction of sp³-hybridized carbons (Fsp3) is 0.467. The molecule has 0 aliphatic carbocycles. The van der Waals surface area contributed by atoms with E-state index in [0.29, 0.717) is 12.5 Å². The van der Waals surface area contributed by atoms with Crippen molar-refractivity contribution in [3.8, 4) is 0 Å². The van der Waals surface area contributed by atoms with Crippen LogP contribution in [0, 0.1) is 5.92 Å². The zero-order valence-electron chi connectivity index (χ0n) is 11.4. The quantitative estimate of drug-likeness (QED) is 0.827. The first-order valence-electron chi connectivity index (χ1n) is 7.08. The van der Waals surface area contributed by atoms with Gasteiger partial charge in [-0.3, -0.25) is 4.79 Å². The Kier molecular flexibility index (Phi) is 4.08. The first-order valence-corrected chi connectivity index (χ1v) is 7.08. The molecule has 1 unspecified atom stereocenters. The molecule has 1 aliphatic rings. The molecule has 1 N–H and O–H groups in total. The van der Waals surface area contributed by atoms with E-state index in [0.717, 1.165) is 43.5 Å². The van der Waals surface area contributed by atoms with Crippen molar-refractivity contribution in [1.82, 2.24) is 15.1 Å². The predicted octanol–water partition coefficient (Wildman–Crippen LogP) is 1.02. The molecular weight excluding hydrogens is 254 g/mol. The van der Waals surface area contributed by atoms with E-state index in [-0.39, 0.29) is 5.56 Å². The monoisotopic (exact) mass is 273 g/mol. The lowest BCUT2D eigenvalue weighted by molar-refractivity contribution is 0.185. The molecule has 0 spiro atoms. The fourth-order valence-corrected chi connectivity index (χ4v) is 2.52. The van der Waals surface area contributed by atoms with E-state index < -0.39 is 0 Å². The summed E-state index contributed by atoms with van der Waals surface area (Å²) in [6.07, 6.45) is 2.88. The highest BCUT2D eigenvalue weighted by Crippen LogP contribution is 2.10. The van der Waals surface area contributed by atoms with Gasteiger partial charge in [0, 0.05) is 25.1 Å². The molecule has 20 heavy (non-hydrogen) atoms. The molecular formula is C15H19N3O2. The van der Waals surface area contributed by atoms with E-state index in [1.807, 2.05) is 24.3 Å². The van der Waals surface area contributed by atoms with E-state index >= 15 is 0 Å². The third-order valence-corrected chi connectivity index (χ3v) is 3.72. The minimum Gasteiger partial charge on any atom is -0.381 e. The second-order valence-electron chi connectivity index (χ2n) is 5.19. The van der Waals surface area contributed by atoms with Crippen LogP contribution in [0.2, 0.25) is 0 Å². The van der Waals surface area contributed by atoms with Gasteiger partial charge in [-0.1, -0.05) is 18.2 Å². The van der Waals surface area contributed by atoms with Crippen LogP contribution in [0.15, 0.2) is 35.3 Å². The summed E-state index contributed by atoms with van der Waals surface area (Å²) < 4.78 is 6.86. The van der Waals surface area contributed by atoms with Crippen LogP contribution in [-0.2, 0) is 11.3 Å². The summed E-state index contributed by atoms with van der Waals surface area (Å²) in [7, 11) is 0. The maximum absolute atomic E-state index is 12.2. The van der Waals surface area contributed by atoms with Gasteiger partial charge in [0.05, 0.1) is 24.7 Å². The molecule has 0 bridgehead atoms. The Bertz CT molecular complexity index is 632. The molecule has 1 aliphatic heterocycles. The Hall–Kier alpha value is -1.72. The SMILES string of the molecule is O=c1c2ccccc2cnn1CCNCC1CCOC1. The van der Waals surface area contributed by atoms with Crippen molar-refractivity contribution < 1.29 is 4.74 Å². The highest BCUT2D eigenvalue weighted by atomic mass is 16.5. The van der Waals surface area contributed by atoms with Crippen molar-refractivity contribution in [3.05, 3.63) is 40.8 Å². The van der Waals surface area contributed by atoms with Crippen molar-refractivity contribution >= 4 is 10.8 Å². The number of rotatable bonds is 5. The number of fused-ring (bicyclic) bond motifs is 1. The van der Waals surface area contributed by atoms with Gasteiger partial charge in [0.2, 0.25) is 0 Å². The lowest BCUT2D eigenvalue weighted by atomic mass is 10.1. The third-order valence-electron chi connectivity index (χ3n) is 3.72. The van der Waals surface area contributed by atoms with Crippen LogP contribution in [0.4, 0.5) is 0 Å². The Balaban J connectivity index is 1.60.